The average molecular weight is 896 g/mol. The fraction of sp³-hybridized carbons (Fsp3) is 0.771. The Hall–Kier alpha value is -2.96. The van der Waals surface area contributed by atoms with Crippen LogP contribution < -0.4 is 5.73 Å². The van der Waals surface area contributed by atoms with Gasteiger partial charge in [0.25, 0.3) is 0 Å². The maximum atomic E-state index is 12.8. The summed E-state index contributed by atoms with van der Waals surface area (Å²) in [6, 6.07) is -1.54. The number of carboxylic acid groups (broad SMARTS) is 1. The Morgan fingerprint density at radius 2 is 0.903 bits per heavy atom. The van der Waals surface area contributed by atoms with E-state index in [1.165, 1.54) is 54.4 Å². The molecule has 3 unspecified atom stereocenters. The lowest BCUT2D eigenvalue weighted by Crippen LogP contribution is -2.34. The fourth-order valence-electron chi connectivity index (χ4n) is 7.42. The zero-order valence-electron chi connectivity index (χ0n) is 39.2. The maximum Gasteiger partial charge on any atom is 0.472 e. The minimum absolute atomic E-state index is 0.125. The highest BCUT2D eigenvalue weighted by Gasteiger charge is 2.28. The molecule has 0 bridgehead atoms. The number of rotatable bonds is 38. The Kier molecular flexibility index (Phi) is 28.3. The van der Waals surface area contributed by atoms with Crippen LogP contribution in [0.3, 0.4) is 0 Å². The van der Waals surface area contributed by atoms with Crippen molar-refractivity contribution in [2.24, 2.45) is 5.73 Å². The van der Waals surface area contributed by atoms with E-state index in [9.17, 15) is 23.8 Å². The van der Waals surface area contributed by atoms with E-state index in [4.69, 9.17) is 33.7 Å². The van der Waals surface area contributed by atoms with Crippen LogP contribution in [0.2, 0.25) is 0 Å². The molecule has 4 N–H and O–H groups in total. The van der Waals surface area contributed by atoms with Crippen LogP contribution >= 0.6 is 7.82 Å². The predicted octanol–water partition coefficient (Wildman–Crippen LogP) is 11.6. The van der Waals surface area contributed by atoms with Gasteiger partial charge in [0.2, 0.25) is 0 Å². The molecule has 356 valence electrons. The van der Waals surface area contributed by atoms with E-state index >= 15 is 0 Å². The lowest BCUT2D eigenvalue weighted by atomic mass is 10.0. The lowest BCUT2D eigenvalue weighted by Gasteiger charge is -2.20. The van der Waals surface area contributed by atoms with Gasteiger partial charge in [-0.3, -0.25) is 23.4 Å². The Morgan fingerprint density at radius 3 is 1.31 bits per heavy atom. The number of furan rings is 2. The fourth-order valence-corrected chi connectivity index (χ4v) is 8.20. The molecule has 0 amide bonds. The highest BCUT2D eigenvalue weighted by atomic mass is 31.2. The molecule has 0 saturated heterocycles. The van der Waals surface area contributed by atoms with Crippen molar-refractivity contribution in [1.29, 1.82) is 0 Å². The first-order chi connectivity index (χ1) is 29.7. The van der Waals surface area contributed by atoms with Crippen molar-refractivity contribution in [3.63, 3.8) is 0 Å². The maximum absolute atomic E-state index is 12.8. The first-order valence-corrected chi connectivity index (χ1v) is 25.3. The molecule has 0 aliphatic carbocycles. The van der Waals surface area contributed by atoms with Crippen LogP contribution in [0.5, 0.6) is 0 Å². The Bertz CT molecular complexity index is 1620. The first-order valence-electron chi connectivity index (χ1n) is 23.8. The van der Waals surface area contributed by atoms with Crippen LogP contribution in [0.15, 0.2) is 8.83 Å². The van der Waals surface area contributed by atoms with Gasteiger partial charge in [-0.05, 0) is 88.5 Å². The molecule has 0 aliphatic heterocycles. The molecule has 0 radical (unpaired) electrons. The number of unbranched alkanes of at least 4 members (excludes halogenated alkanes) is 16. The number of hydrogen-bond donors (Lipinski definition) is 3. The third-order valence-corrected chi connectivity index (χ3v) is 12.7. The summed E-state index contributed by atoms with van der Waals surface area (Å²) in [7, 11) is -4.75. The SMILES string of the molecule is CCCCCc1oc(CCCCCCCCCCC(=O)OCC(COP(=O)(O)OCC(N)C(=O)O)OC(=O)CCCCCCCCc2oc(CCCCC)c(C)c2C)c(C)c1C. The van der Waals surface area contributed by atoms with Gasteiger partial charge in [-0.15, -0.1) is 0 Å². The Labute approximate surface area is 372 Å². The zero-order chi connectivity index (χ0) is 45.8. The number of esters is 2. The molecule has 2 aromatic heterocycles. The van der Waals surface area contributed by atoms with Gasteiger partial charge in [0.15, 0.2) is 6.10 Å². The van der Waals surface area contributed by atoms with E-state index in [2.05, 4.69) is 46.1 Å². The summed E-state index contributed by atoms with van der Waals surface area (Å²) in [6.45, 7) is 11.3. The molecular formula is C48H82NO12P. The normalized spacial score (nSPS) is 13.5. The quantitative estimate of drug-likeness (QED) is 0.0327. The first kappa shape index (κ1) is 55.2. The molecule has 62 heavy (non-hydrogen) atoms. The van der Waals surface area contributed by atoms with Gasteiger partial charge in [0.1, 0.15) is 35.7 Å². The Balaban J connectivity index is 1.67. The second-order valence-electron chi connectivity index (χ2n) is 17.1. The largest absolute Gasteiger partial charge is 0.480 e. The number of carboxylic acids is 1. The van der Waals surface area contributed by atoms with Crippen LogP contribution in [-0.2, 0) is 63.2 Å². The van der Waals surface area contributed by atoms with E-state index in [1.807, 2.05) is 0 Å². The van der Waals surface area contributed by atoms with E-state index in [0.717, 1.165) is 132 Å². The van der Waals surface area contributed by atoms with Gasteiger partial charge < -0.3 is 34.0 Å². The monoisotopic (exact) mass is 896 g/mol. The van der Waals surface area contributed by atoms with Crippen LogP contribution in [-0.4, -0.2) is 59.9 Å². The smallest absolute Gasteiger partial charge is 0.472 e. The molecule has 2 heterocycles. The summed E-state index contributed by atoms with van der Waals surface area (Å²) in [6.07, 6.45) is 24.0. The second kappa shape index (κ2) is 31.8. The highest BCUT2D eigenvalue weighted by Crippen LogP contribution is 2.43. The number of phosphoric ester groups is 1. The minimum atomic E-state index is -4.75. The van der Waals surface area contributed by atoms with Crippen LogP contribution in [0.1, 0.15) is 200 Å². The minimum Gasteiger partial charge on any atom is -0.480 e. The lowest BCUT2D eigenvalue weighted by molar-refractivity contribution is -0.161. The molecule has 2 rings (SSSR count). The number of carbonyl (C=O) groups is 3. The number of phosphoric acid groups is 1. The molecule has 3 atom stereocenters. The van der Waals surface area contributed by atoms with Crippen LogP contribution in [0, 0.1) is 27.7 Å². The van der Waals surface area contributed by atoms with Crippen molar-refractivity contribution in [3.05, 3.63) is 45.3 Å². The number of nitrogens with two attached hydrogens (primary N) is 1. The standard InChI is InChI=1S/C48H82NO12P/c1-7-9-21-27-42-36(3)38(5)44(60-42)29-23-17-13-11-12-14-19-25-31-46(50)56-33-40(34-57-62(54,55)58-35-41(49)48(52)53)59-47(51)32-26-20-16-15-18-24-30-45-39(6)37(4)43(61-45)28-22-10-8-2/h40-41H,7-35,49H2,1-6H3,(H,52,53)(H,54,55). The van der Waals surface area contributed by atoms with Gasteiger partial charge in [-0.1, -0.05) is 104 Å². The highest BCUT2D eigenvalue weighted by molar-refractivity contribution is 7.47. The van der Waals surface area contributed by atoms with E-state index in [0.29, 0.717) is 12.8 Å². The molecule has 2 aromatic rings. The zero-order valence-corrected chi connectivity index (χ0v) is 40.1. The van der Waals surface area contributed by atoms with Crippen LogP contribution in [0.4, 0.5) is 0 Å². The Morgan fingerprint density at radius 1 is 0.548 bits per heavy atom. The molecular weight excluding hydrogens is 813 g/mol. The third-order valence-electron chi connectivity index (χ3n) is 11.8. The molecule has 0 fully saturated rings. The summed E-state index contributed by atoms with van der Waals surface area (Å²) in [5, 5.41) is 8.93. The van der Waals surface area contributed by atoms with Crippen molar-refractivity contribution in [1.82, 2.24) is 0 Å². The summed E-state index contributed by atoms with van der Waals surface area (Å²) in [4.78, 5) is 46.4. The van der Waals surface area contributed by atoms with Gasteiger partial charge in [-0.25, -0.2) is 4.57 Å². The molecule has 14 heteroatoms. The number of aliphatic carboxylic acids is 1. The number of carbonyl (C=O) groups excluding carboxylic acids is 2. The summed E-state index contributed by atoms with van der Waals surface area (Å²) in [5.41, 5.74) is 10.5. The number of aryl methyl sites for hydroxylation is 4. The van der Waals surface area contributed by atoms with Gasteiger partial charge in [0.05, 0.1) is 13.2 Å². The molecule has 0 spiro atoms. The van der Waals surface area contributed by atoms with Gasteiger partial charge in [0, 0.05) is 38.5 Å². The topological polar surface area (TPSA) is 198 Å². The van der Waals surface area contributed by atoms with Crippen molar-refractivity contribution < 1.29 is 56.3 Å². The molecule has 13 nitrogen and oxygen atoms in total. The number of hydrogen-bond acceptors (Lipinski definition) is 11. The number of ether oxygens (including phenoxy) is 2. The van der Waals surface area contributed by atoms with Crippen molar-refractivity contribution >= 4 is 25.7 Å². The van der Waals surface area contributed by atoms with Gasteiger partial charge in [-0.2, -0.15) is 0 Å². The van der Waals surface area contributed by atoms with E-state index < -0.39 is 51.1 Å². The molecule has 0 saturated carbocycles. The van der Waals surface area contributed by atoms with E-state index in [1.54, 1.807) is 0 Å². The second-order valence-corrected chi connectivity index (χ2v) is 18.5. The van der Waals surface area contributed by atoms with Crippen molar-refractivity contribution in [2.75, 3.05) is 19.8 Å². The van der Waals surface area contributed by atoms with E-state index in [-0.39, 0.29) is 19.4 Å². The van der Waals surface area contributed by atoms with Crippen LogP contribution in [0.25, 0.3) is 0 Å². The average Bonchev–Trinajstić information content (AvgIpc) is 3.67. The van der Waals surface area contributed by atoms with Gasteiger partial charge >= 0.3 is 25.7 Å². The molecule has 0 aliphatic rings. The predicted molar refractivity (Wildman–Crippen MR) is 242 cm³/mol. The summed E-state index contributed by atoms with van der Waals surface area (Å²) < 4.78 is 45.3. The van der Waals surface area contributed by atoms with Crippen molar-refractivity contribution in [2.45, 2.75) is 221 Å². The third kappa shape index (κ3) is 23.1. The molecule has 0 aromatic carbocycles. The summed E-state index contributed by atoms with van der Waals surface area (Å²) >= 11 is 0. The van der Waals surface area contributed by atoms with Crippen molar-refractivity contribution in [3.8, 4) is 0 Å². The summed E-state index contributed by atoms with van der Waals surface area (Å²) in [5.74, 6) is 2.09.